The first-order valence-electron chi connectivity index (χ1n) is 10.1. The van der Waals surface area contributed by atoms with Crippen molar-refractivity contribution in [1.82, 2.24) is 14.8 Å². The highest BCUT2D eigenvalue weighted by molar-refractivity contribution is 8.00. The van der Waals surface area contributed by atoms with Gasteiger partial charge in [0, 0.05) is 11.6 Å². The Balaban J connectivity index is 1.99. The highest BCUT2D eigenvalue weighted by Crippen LogP contribution is 2.38. The molecule has 1 fully saturated rings. The summed E-state index contributed by atoms with van der Waals surface area (Å²) < 4.78 is 18.2. The summed E-state index contributed by atoms with van der Waals surface area (Å²) >= 11 is 1.40. The lowest BCUT2D eigenvalue weighted by Gasteiger charge is -2.26. The second-order valence-corrected chi connectivity index (χ2v) is 8.36. The first-order chi connectivity index (χ1) is 14.1. The zero-order chi connectivity index (χ0) is 20.8. The molecule has 2 aromatic rings. The van der Waals surface area contributed by atoms with Crippen LogP contribution in [0.4, 0.5) is 0 Å². The van der Waals surface area contributed by atoms with E-state index >= 15 is 0 Å². The molecule has 8 heteroatoms. The van der Waals surface area contributed by atoms with Crippen LogP contribution in [0.15, 0.2) is 23.4 Å². The fourth-order valence-electron chi connectivity index (χ4n) is 3.66. The van der Waals surface area contributed by atoms with Crippen LogP contribution in [0.25, 0.3) is 11.4 Å². The zero-order valence-electron chi connectivity index (χ0n) is 17.5. The largest absolute Gasteiger partial charge is 0.493 e. The summed E-state index contributed by atoms with van der Waals surface area (Å²) in [6.07, 6.45) is 5.79. The highest BCUT2D eigenvalue weighted by atomic mass is 32.2. The quantitative estimate of drug-likeness (QED) is 0.460. The SMILES string of the molecule is CCOC(=O)C(C)Sc1nnc(-c2ccc(OC)c(OC)c2)n1C1CCCCC1. The summed E-state index contributed by atoms with van der Waals surface area (Å²) in [6, 6.07) is 6.08. The minimum absolute atomic E-state index is 0.233. The van der Waals surface area contributed by atoms with Gasteiger partial charge in [0.15, 0.2) is 22.5 Å². The maximum atomic E-state index is 12.1. The molecule has 1 saturated carbocycles. The molecule has 0 spiro atoms. The number of carbonyl (C=O) groups excluding carboxylic acids is 1. The van der Waals surface area contributed by atoms with Crippen LogP contribution in [0, 0.1) is 0 Å². The number of aromatic nitrogens is 3. The zero-order valence-corrected chi connectivity index (χ0v) is 18.3. The molecule has 0 N–H and O–H groups in total. The van der Waals surface area contributed by atoms with E-state index in [4.69, 9.17) is 14.2 Å². The summed E-state index contributed by atoms with van der Waals surface area (Å²) in [7, 11) is 3.24. The van der Waals surface area contributed by atoms with Gasteiger partial charge in [0.05, 0.1) is 20.8 Å². The first-order valence-corrected chi connectivity index (χ1v) is 11.0. The summed E-state index contributed by atoms with van der Waals surface area (Å²) in [6.45, 7) is 4.03. The second kappa shape index (κ2) is 10.0. The van der Waals surface area contributed by atoms with Crippen LogP contribution in [0.1, 0.15) is 52.0 Å². The van der Waals surface area contributed by atoms with Crippen molar-refractivity contribution in [1.29, 1.82) is 0 Å². The standard InChI is InChI=1S/C21H29N3O4S/c1-5-28-20(25)14(2)29-21-23-22-19(24(21)16-9-7-6-8-10-16)15-11-12-17(26-3)18(13-15)27-4/h11-14,16H,5-10H2,1-4H3. The number of benzene rings is 1. The van der Waals surface area contributed by atoms with E-state index in [0.29, 0.717) is 24.1 Å². The van der Waals surface area contributed by atoms with E-state index in [2.05, 4.69) is 14.8 Å². The number of methoxy groups -OCH3 is 2. The Morgan fingerprint density at radius 1 is 1.17 bits per heavy atom. The number of hydrogen-bond acceptors (Lipinski definition) is 7. The third kappa shape index (κ3) is 4.86. The lowest BCUT2D eigenvalue weighted by atomic mass is 9.95. The van der Waals surface area contributed by atoms with Crippen molar-refractivity contribution in [3.63, 3.8) is 0 Å². The van der Waals surface area contributed by atoms with Gasteiger partial charge in [0.25, 0.3) is 0 Å². The van der Waals surface area contributed by atoms with Gasteiger partial charge in [-0.05, 0) is 44.9 Å². The summed E-state index contributed by atoms with van der Waals surface area (Å²) in [4.78, 5) is 12.1. The molecule has 0 aliphatic heterocycles. The van der Waals surface area contributed by atoms with Crippen molar-refractivity contribution in [2.24, 2.45) is 0 Å². The van der Waals surface area contributed by atoms with Gasteiger partial charge in [-0.1, -0.05) is 31.0 Å². The first kappa shape index (κ1) is 21.5. The maximum absolute atomic E-state index is 12.1. The molecule has 3 rings (SSSR count). The van der Waals surface area contributed by atoms with Crippen LogP contribution in [0.5, 0.6) is 11.5 Å². The molecule has 1 aliphatic rings. The van der Waals surface area contributed by atoms with Gasteiger partial charge in [0.2, 0.25) is 0 Å². The molecule has 1 atom stereocenters. The average Bonchev–Trinajstić information content (AvgIpc) is 3.17. The monoisotopic (exact) mass is 419 g/mol. The van der Waals surface area contributed by atoms with E-state index in [0.717, 1.165) is 29.4 Å². The molecule has 0 radical (unpaired) electrons. The molecule has 1 aliphatic carbocycles. The normalized spacial score (nSPS) is 15.7. The number of nitrogens with zero attached hydrogens (tertiary/aromatic N) is 3. The molecule has 7 nitrogen and oxygen atoms in total. The predicted molar refractivity (Wildman–Crippen MR) is 113 cm³/mol. The number of carbonyl (C=O) groups is 1. The summed E-state index contributed by atoms with van der Waals surface area (Å²) in [5.74, 6) is 1.88. The van der Waals surface area contributed by atoms with E-state index in [1.54, 1.807) is 14.2 Å². The van der Waals surface area contributed by atoms with Crippen LogP contribution in [0.2, 0.25) is 0 Å². The van der Waals surface area contributed by atoms with Gasteiger partial charge in [-0.15, -0.1) is 10.2 Å². The Bertz CT molecular complexity index is 833. The van der Waals surface area contributed by atoms with Gasteiger partial charge >= 0.3 is 5.97 Å². The third-order valence-electron chi connectivity index (χ3n) is 5.15. The number of rotatable bonds is 8. The van der Waals surface area contributed by atoms with Crippen molar-refractivity contribution in [2.45, 2.75) is 62.4 Å². The molecule has 1 aromatic carbocycles. The van der Waals surface area contributed by atoms with Crippen molar-refractivity contribution < 1.29 is 19.0 Å². The predicted octanol–water partition coefficient (Wildman–Crippen LogP) is 4.51. The molecular weight excluding hydrogens is 390 g/mol. The minimum Gasteiger partial charge on any atom is -0.493 e. The highest BCUT2D eigenvalue weighted by Gasteiger charge is 2.27. The number of thioether (sulfide) groups is 1. The third-order valence-corrected chi connectivity index (χ3v) is 6.18. The summed E-state index contributed by atoms with van der Waals surface area (Å²) in [5, 5.41) is 9.34. The molecule has 0 bridgehead atoms. The van der Waals surface area contributed by atoms with Crippen molar-refractivity contribution >= 4 is 17.7 Å². The fraction of sp³-hybridized carbons (Fsp3) is 0.571. The van der Waals surface area contributed by atoms with Gasteiger partial charge < -0.3 is 14.2 Å². The number of esters is 1. The Morgan fingerprint density at radius 2 is 1.90 bits per heavy atom. The van der Waals surface area contributed by atoms with Crippen molar-refractivity contribution in [3.05, 3.63) is 18.2 Å². The Kier molecular flexibility index (Phi) is 7.41. The van der Waals surface area contributed by atoms with E-state index < -0.39 is 0 Å². The van der Waals surface area contributed by atoms with Gasteiger partial charge in [-0.3, -0.25) is 9.36 Å². The number of ether oxygens (including phenoxy) is 3. The molecule has 0 amide bonds. The lowest BCUT2D eigenvalue weighted by Crippen LogP contribution is -2.19. The maximum Gasteiger partial charge on any atom is 0.319 e. The topological polar surface area (TPSA) is 75.5 Å². The Hall–Kier alpha value is -2.22. The van der Waals surface area contributed by atoms with Crippen molar-refractivity contribution in [2.75, 3.05) is 20.8 Å². The van der Waals surface area contributed by atoms with Gasteiger partial charge in [-0.2, -0.15) is 0 Å². The average molecular weight is 420 g/mol. The van der Waals surface area contributed by atoms with Gasteiger partial charge in [-0.25, -0.2) is 0 Å². The fourth-order valence-corrected chi connectivity index (χ4v) is 4.58. The molecule has 0 saturated heterocycles. The molecule has 29 heavy (non-hydrogen) atoms. The smallest absolute Gasteiger partial charge is 0.319 e. The molecule has 158 valence electrons. The molecule has 1 unspecified atom stereocenters. The van der Waals surface area contributed by atoms with Crippen LogP contribution >= 0.6 is 11.8 Å². The minimum atomic E-state index is -0.347. The Labute approximate surface area is 176 Å². The van der Waals surface area contributed by atoms with E-state index in [1.807, 2.05) is 32.0 Å². The van der Waals surface area contributed by atoms with Crippen molar-refractivity contribution in [3.8, 4) is 22.9 Å². The summed E-state index contributed by atoms with van der Waals surface area (Å²) in [5.41, 5.74) is 0.913. The van der Waals surface area contributed by atoms with E-state index in [-0.39, 0.29) is 11.2 Å². The van der Waals surface area contributed by atoms with Gasteiger partial charge in [0.1, 0.15) is 5.25 Å². The van der Waals surface area contributed by atoms with E-state index in [1.165, 1.54) is 31.0 Å². The lowest BCUT2D eigenvalue weighted by molar-refractivity contribution is -0.142. The molecular formula is C21H29N3O4S. The van der Waals surface area contributed by atoms with Crippen LogP contribution in [0.3, 0.4) is 0 Å². The van der Waals surface area contributed by atoms with Crippen LogP contribution in [-0.2, 0) is 9.53 Å². The van der Waals surface area contributed by atoms with Crippen LogP contribution in [-0.4, -0.2) is 46.8 Å². The van der Waals surface area contributed by atoms with Crippen LogP contribution < -0.4 is 9.47 Å². The Morgan fingerprint density at radius 3 is 2.55 bits per heavy atom. The molecule has 1 aromatic heterocycles. The molecule has 1 heterocycles. The number of hydrogen-bond donors (Lipinski definition) is 0. The van der Waals surface area contributed by atoms with E-state index in [9.17, 15) is 4.79 Å². The second-order valence-electron chi connectivity index (χ2n) is 7.05.